The van der Waals surface area contributed by atoms with E-state index in [0.29, 0.717) is 0 Å². The van der Waals surface area contributed by atoms with E-state index in [0.717, 1.165) is 26.1 Å². The van der Waals surface area contributed by atoms with Crippen molar-refractivity contribution >= 4 is 0 Å². The van der Waals surface area contributed by atoms with Gasteiger partial charge in [-0.2, -0.15) is 12.8 Å². The third-order valence-electron chi connectivity index (χ3n) is 0.933. The predicted octanol–water partition coefficient (Wildman–Crippen LogP) is 0.886. The molecule has 0 atom stereocenters. The summed E-state index contributed by atoms with van der Waals surface area (Å²) in [6.07, 6.45) is 4.57. The van der Waals surface area contributed by atoms with Gasteiger partial charge < -0.3 is 11.2 Å². The number of rotatable bonds is 0. The van der Waals surface area contributed by atoms with Crippen molar-refractivity contribution in [3.05, 3.63) is 6.42 Å². The van der Waals surface area contributed by atoms with Gasteiger partial charge in [0.25, 0.3) is 0 Å². The molecule has 0 unspecified atom stereocenters. The van der Waals surface area contributed by atoms with Gasteiger partial charge in [-0.3, -0.25) is 0 Å². The van der Waals surface area contributed by atoms with Gasteiger partial charge in [0.1, 0.15) is 0 Å². The molecule has 0 saturated carbocycles. The summed E-state index contributed by atoms with van der Waals surface area (Å²) in [6, 6.07) is 0. The zero-order valence-electron chi connectivity index (χ0n) is 24.4. The van der Waals surface area contributed by atoms with Gasteiger partial charge in [0.05, 0.1) is 0 Å². The van der Waals surface area contributed by atoms with Crippen LogP contribution in [-0.4, -0.2) is 13.2 Å². The summed E-state index contributed by atoms with van der Waals surface area (Å²) in [5.41, 5.74) is 0. The first-order chi connectivity index (χ1) is 3.00. The zero-order chi connectivity index (χ0) is 4.24. The monoisotopic (exact) mass is 2430 g/mol. The van der Waals surface area contributed by atoms with Gasteiger partial charge in [-0.05, 0) is 0 Å². The smallest absolute Gasteiger partial charge is 0.0195 e. The average molecular weight is 2430 g/mol. The van der Waals surface area contributed by atoms with Crippen molar-refractivity contribution in [2.45, 2.75) is 12.8 Å². The predicted molar refractivity (Wildman–Crippen MR) is 24.4 cm³/mol. The topological polar surface area (TPSA) is 9.23 Å². The molecule has 47 heteroatoms. The minimum atomic E-state index is 0. The summed E-state index contributed by atoms with van der Waals surface area (Å²) < 4.78 is 5.04. The summed E-state index contributed by atoms with van der Waals surface area (Å²) in [5.74, 6) is 0. The largest absolute Gasteiger partial charge is 0.387 e. The van der Waals surface area contributed by atoms with Gasteiger partial charge in [0.2, 0.25) is 0 Å². The van der Waals surface area contributed by atoms with E-state index in [-0.39, 0.29) is 854 Å². The summed E-state index contributed by atoms with van der Waals surface area (Å²) in [7, 11) is 0. The number of hydrogen-bond acceptors (Lipinski definition) is 1. The van der Waals surface area contributed by atoms with Crippen LogP contribution in [0, 0.1) is 6.42 Å². The van der Waals surface area contributed by atoms with Gasteiger partial charge in [-0.1, -0.05) is 0 Å². The Morgan fingerprint density at radius 1 is 0.154 bits per heavy atom. The fourth-order valence-electron chi connectivity index (χ4n) is 0.580. The van der Waals surface area contributed by atoms with Crippen molar-refractivity contribution in [3.63, 3.8) is 0 Å². The summed E-state index contributed by atoms with van der Waals surface area (Å²) in [6.45, 7) is 1.89. The van der Waals surface area contributed by atoms with Gasteiger partial charge in [-0.25, -0.2) is 0 Å². The molecule has 1 aliphatic heterocycles. The quantitative estimate of drug-likeness (QED) is 0.328. The molecule has 1 rings (SSSR count). The fourth-order valence-corrected chi connectivity index (χ4v) is 0.580. The third-order valence-corrected chi connectivity index (χ3v) is 0.933. The minimum absolute atomic E-state index is 0. The molecule has 266 valence electrons. The summed E-state index contributed by atoms with van der Waals surface area (Å²) >= 11 is 0. The molecular formula is C5H9OV46-. The third kappa shape index (κ3) is 410. The molecule has 1 heterocycles. The Kier molecular flexibility index (Phi) is 3630. The molecular weight excluding hydrogens is 2420 g/mol. The van der Waals surface area contributed by atoms with E-state index in [4.69, 9.17) is 4.74 Å². The SMILES string of the molecule is [CH-]1CCOCC1.[V].[V].[V].[V].[V].[V].[V].[V].[V].[V].[V].[V].[V].[V].[V].[V].[V].[V].[V].[V].[V].[V].[V].[V].[V].[V].[V].[V].[V].[V].[V].[V].[V].[V].[V].[V].[V].[V].[V].[V].[V].[V].[V].[V].[V].[V]. The molecule has 0 N–H and O–H groups in total. The van der Waals surface area contributed by atoms with Crippen LogP contribution in [0.2, 0.25) is 0 Å². The molecule has 0 aromatic heterocycles. The van der Waals surface area contributed by atoms with E-state index in [1.54, 1.807) is 0 Å². The standard InChI is InChI=1S/C5H9O.46V/c1-2-4-6-5-3-1;;;;;;;;;;;;;;;;;;;;;;;;;;;;;;;;;;;;;;;;;;;;;;/h1H,2-5H2;;;;;;;;;;;;;;;;;;;;;;;;;;;;;;;;;;;;;;;;;;;;;;/q-1;;;;;;;;;;;;;;;;;;;;;;;;;;;;;;;;;;;;;;;;;;;;;;. The minimum Gasteiger partial charge on any atom is -0.387 e. The molecule has 1 nitrogen and oxygen atoms in total. The van der Waals surface area contributed by atoms with Gasteiger partial charge in [0.15, 0.2) is 0 Å². The van der Waals surface area contributed by atoms with Gasteiger partial charge in [0, 0.05) is 867 Å². The van der Waals surface area contributed by atoms with Crippen LogP contribution < -0.4 is 0 Å². The van der Waals surface area contributed by atoms with Crippen LogP contribution >= 0.6 is 0 Å². The van der Waals surface area contributed by atoms with Crippen LogP contribution in [-0.2, 0) is 858 Å². The van der Waals surface area contributed by atoms with Crippen molar-refractivity contribution in [3.8, 4) is 0 Å². The number of hydrogen-bond donors (Lipinski definition) is 0. The summed E-state index contributed by atoms with van der Waals surface area (Å²) in [5, 5.41) is 0. The van der Waals surface area contributed by atoms with Crippen LogP contribution in [0.3, 0.4) is 0 Å². The Labute approximate surface area is 867 Å². The molecule has 0 aliphatic carbocycles. The van der Waals surface area contributed by atoms with E-state index >= 15 is 0 Å². The van der Waals surface area contributed by atoms with Gasteiger partial charge >= 0.3 is 0 Å². The molecule has 0 aromatic rings. The number of ether oxygens (including phenoxy) is 1. The molecule has 0 amide bonds. The van der Waals surface area contributed by atoms with E-state index in [9.17, 15) is 0 Å². The van der Waals surface area contributed by atoms with E-state index in [2.05, 4.69) is 6.42 Å². The molecule has 1 fully saturated rings. The second kappa shape index (κ2) is 426. The van der Waals surface area contributed by atoms with Crippen molar-refractivity contribution in [2.75, 3.05) is 13.2 Å². The first kappa shape index (κ1) is 443. The first-order valence-corrected chi connectivity index (χ1v) is 2.39. The van der Waals surface area contributed by atoms with Crippen LogP contribution in [0.25, 0.3) is 0 Å². The molecule has 1 aliphatic rings. The Hall–Kier alpha value is 26.8. The zero-order valence-corrected chi connectivity index (χ0v) is 88.6. The van der Waals surface area contributed by atoms with Crippen LogP contribution in [0.1, 0.15) is 12.8 Å². The van der Waals surface area contributed by atoms with E-state index in [1.165, 1.54) is 0 Å². The molecule has 52 heavy (non-hydrogen) atoms. The first-order valence-electron chi connectivity index (χ1n) is 2.39. The maximum atomic E-state index is 5.04. The van der Waals surface area contributed by atoms with Crippen molar-refractivity contribution in [2.24, 2.45) is 0 Å². The fraction of sp³-hybridized carbons (Fsp3) is 0.800. The molecule has 0 spiro atoms. The van der Waals surface area contributed by atoms with E-state index in [1.807, 2.05) is 0 Å². The molecule has 0 aromatic carbocycles. The van der Waals surface area contributed by atoms with Crippen molar-refractivity contribution in [1.82, 2.24) is 0 Å². The molecule has 46 radical (unpaired) electrons. The van der Waals surface area contributed by atoms with E-state index < -0.39 is 0 Å². The second-order valence-corrected chi connectivity index (χ2v) is 1.48. The van der Waals surface area contributed by atoms with Crippen molar-refractivity contribution in [1.29, 1.82) is 0 Å². The van der Waals surface area contributed by atoms with Gasteiger partial charge in [-0.15, -0.1) is 0 Å². The maximum absolute atomic E-state index is 5.04. The van der Waals surface area contributed by atoms with Crippen LogP contribution in [0.4, 0.5) is 0 Å². The van der Waals surface area contributed by atoms with Crippen LogP contribution in [0.5, 0.6) is 0 Å². The second-order valence-electron chi connectivity index (χ2n) is 1.48. The Morgan fingerprint density at radius 2 is 0.231 bits per heavy atom. The maximum Gasteiger partial charge on any atom is 0.0195 e. The average Bonchev–Trinajstić information content (AvgIpc) is 1.72. The molecule has 1 saturated heterocycles. The molecule has 0 bridgehead atoms. The Bertz CT molecular complexity index is 46.2. The Balaban J connectivity index is -0.000000000178. The normalized spacial score (nSPS) is 2.77. The Morgan fingerprint density at radius 3 is 0.250 bits per heavy atom. The van der Waals surface area contributed by atoms with Crippen LogP contribution in [0.15, 0.2) is 0 Å². The summed E-state index contributed by atoms with van der Waals surface area (Å²) in [4.78, 5) is 0. The van der Waals surface area contributed by atoms with Crippen molar-refractivity contribution < 1.29 is 858 Å².